The average Bonchev–Trinajstić information content (AvgIpc) is 3.22. The molecule has 0 fully saturated rings. The number of fused-ring (bicyclic) bond motifs is 2. The Hall–Kier alpha value is -4.21. The van der Waals surface area contributed by atoms with Gasteiger partial charge in [-0.15, -0.1) is 0 Å². The lowest BCUT2D eigenvalue weighted by Gasteiger charge is -2.18. The van der Waals surface area contributed by atoms with Gasteiger partial charge in [0.2, 0.25) is 5.43 Å². The minimum absolute atomic E-state index is 0.0162. The molecule has 5 rings (SSSR count). The summed E-state index contributed by atoms with van der Waals surface area (Å²) in [5, 5.41) is 2.73. The van der Waals surface area contributed by atoms with Gasteiger partial charge in [-0.1, -0.05) is 18.2 Å². The van der Waals surface area contributed by atoms with Gasteiger partial charge >= 0.3 is 6.08 Å². The van der Waals surface area contributed by atoms with E-state index in [1.165, 1.54) is 36.7 Å². The Balaban J connectivity index is 1.72. The third kappa shape index (κ3) is 3.25. The fourth-order valence-corrected chi connectivity index (χ4v) is 3.62. The maximum Gasteiger partial charge on any atom is 0.312 e. The molecule has 3 aromatic heterocycles. The smallest absolute Gasteiger partial charge is 0.312 e. The Morgan fingerprint density at radius 3 is 2.72 bits per heavy atom. The van der Waals surface area contributed by atoms with Crippen LogP contribution in [0.3, 0.4) is 0 Å². The molecule has 0 aliphatic rings. The molecule has 0 saturated heterocycles. The number of hydrogen-bond donors (Lipinski definition) is 2. The largest absolute Gasteiger partial charge is 0.458 e. The highest BCUT2D eigenvalue weighted by Gasteiger charge is 2.24. The van der Waals surface area contributed by atoms with Crippen LogP contribution < -0.4 is 10.7 Å². The molecule has 2 aromatic carbocycles. The maximum absolute atomic E-state index is 14.5. The third-order valence-corrected chi connectivity index (χ3v) is 5.01. The highest BCUT2D eigenvalue weighted by molar-refractivity contribution is 5.85. The van der Waals surface area contributed by atoms with E-state index in [0.717, 1.165) is 12.1 Å². The van der Waals surface area contributed by atoms with Gasteiger partial charge in [-0.05, 0) is 36.8 Å². The summed E-state index contributed by atoms with van der Waals surface area (Å²) in [4.78, 5) is 27.4. The predicted octanol–water partition coefficient (Wildman–Crippen LogP) is 4.72. The summed E-state index contributed by atoms with van der Waals surface area (Å²) < 4.78 is 48.2. The molecule has 0 bridgehead atoms. The average molecular weight is 437 g/mol. The van der Waals surface area contributed by atoms with Gasteiger partial charge in [-0.3, -0.25) is 4.79 Å². The number of imidazole rings is 1. The van der Waals surface area contributed by atoms with Crippen molar-refractivity contribution in [1.82, 2.24) is 19.9 Å². The van der Waals surface area contributed by atoms with E-state index in [0.29, 0.717) is 5.52 Å². The number of rotatable bonds is 4. The third-order valence-electron chi connectivity index (χ3n) is 5.01. The zero-order valence-electron chi connectivity index (χ0n) is 16.5. The highest BCUT2D eigenvalue weighted by atomic mass is 19.1. The number of H-pyrrole nitrogens is 1. The van der Waals surface area contributed by atoms with Gasteiger partial charge in [0.25, 0.3) is 0 Å². The van der Waals surface area contributed by atoms with Gasteiger partial charge in [0.05, 0.1) is 17.9 Å². The molecule has 0 aliphatic carbocycles. The highest BCUT2D eigenvalue weighted by Crippen LogP contribution is 2.32. The standard InChI is InChI=1S/C22H14F3N5O2/c1-10(28-21-17-20(27-9-26-17)29-22(25)30-21)19-15(11-4-2-5-12(23)8-11)18(31)16-13(24)6-3-7-14(16)32-19/h2-10H,1H3,(H2,26,27,28,29,30)/t10-/m0/s1. The van der Waals surface area contributed by atoms with Crippen molar-refractivity contribution in [3.8, 4) is 11.1 Å². The molecule has 10 heteroatoms. The Morgan fingerprint density at radius 1 is 1.09 bits per heavy atom. The number of anilines is 1. The topological polar surface area (TPSA) is 96.7 Å². The lowest BCUT2D eigenvalue weighted by atomic mass is 9.99. The Bertz CT molecular complexity index is 1550. The molecule has 0 aliphatic heterocycles. The molecular formula is C22H14F3N5O2. The Labute approximate surface area is 178 Å². The first-order chi connectivity index (χ1) is 15.4. The van der Waals surface area contributed by atoms with E-state index in [4.69, 9.17) is 4.42 Å². The number of aromatic amines is 1. The normalized spacial score (nSPS) is 12.4. The van der Waals surface area contributed by atoms with E-state index in [1.807, 2.05) is 0 Å². The molecular weight excluding hydrogens is 423 g/mol. The molecule has 2 N–H and O–H groups in total. The van der Waals surface area contributed by atoms with Crippen LogP contribution >= 0.6 is 0 Å². The number of benzene rings is 2. The maximum atomic E-state index is 14.5. The van der Waals surface area contributed by atoms with Crippen LogP contribution in [0.15, 0.2) is 58.0 Å². The van der Waals surface area contributed by atoms with E-state index in [9.17, 15) is 18.0 Å². The minimum atomic E-state index is -0.994. The van der Waals surface area contributed by atoms with Crippen molar-refractivity contribution in [1.29, 1.82) is 0 Å². The molecule has 3 heterocycles. The summed E-state index contributed by atoms with van der Waals surface area (Å²) in [5.74, 6) is -1.13. The number of hydrogen-bond acceptors (Lipinski definition) is 6. The first kappa shape index (κ1) is 19.7. The van der Waals surface area contributed by atoms with Crippen LogP contribution in [-0.2, 0) is 0 Å². The number of nitrogens with zero attached hydrogens (tertiary/aromatic N) is 3. The van der Waals surface area contributed by atoms with Crippen LogP contribution in [-0.4, -0.2) is 19.9 Å². The van der Waals surface area contributed by atoms with E-state index < -0.39 is 29.2 Å². The van der Waals surface area contributed by atoms with Crippen LogP contribution in [0, 0.1) is 17.7 Å². The number of nitrogens with one attached hydrogen (secondary N) is 2. The van der Waals surface area contributed by atoms with Crippen molar-refractivity contribution in [3.63, 3.8) is 0 Å². The minimum Gasteiger partial charge on any atom is -0.458 e. The van der Waals surface area contributed by atoms with E-state index >= 15 is 0 Å². The van der Waals surface area contributed by atoms with Crippen LogP contribution in [0.5, 0.6) is 0 Å². The molecule has 160 valence electrons. The summed E-state index contributed by atoms with van der Waals surface area (Å²) >= 11 is 0. The Kier molecular flexibility index (Phi) is 4.62. The van der Waals surface area contributed by atoms with Gasteiger partial charge in [-0.2, -0.15) is 14.4 Å². The summed E-state index contributed by atoms with van der Waals surface area (Å²) in [7, 11) is 0. The van der Waals surface area contributed by atoms with Crippen molar-refractivity contribution in [2.75, 3.05) is 5.32 Å². The fraction of sp³-hybridized carbons (Fsp3) is 0.0909. The van der Waals surface area contributed by atoms with Gasteiger partial charge in [0.1, 0.15) is 33.9 Å². The quantitative estimate of drug-likeness (QED) is 0.395. The summed E-state index contributed by atoms with van der Waals surface area (Å²) in [6.07, 6.45) is 0.345. The zero-order chi connectivity index (χ0) is 22.4. The van der Waals surface area contributed by atoms with Crippen molar-refractivity contribution >= 4 is 28.0 Å². The van der Waals surface area contributed by atoms with Crippen LogP contribution in [0.1, 0.15) is 18.7 Å². The number of halogens is 3. The van der Waals surface area contributed by atoms with Crippen molar-refractivity contribution in [3.05, 3.63) is 82.5 Å². The van der Waals surface area contributed by atoms with Gasteiger partial charge in [-0.25, -0.2) is 13.8 Å². The SMILES string of the molecule is C[C@H](Nc1nc(F)nc2nc[nH]c12)c1oc2cccc(F)c2c(=O)c1-c1cccc(F)c1. The lowest BCUT2D eigenvalue weighted by molar-refractivity contribution is 0.510. The van der Waals surface area contributed by atoms with E-state index in [-0.39, 0.29) is 39.3 Å². The van der Waals surface area contributed by atoms with Gasteiger partial charge in [0.15, 0.2) is 11.5 Å². The van der Waals surface area contributed by atoms with E-state index in [2.05, 4.69) is 25.3 Å². The van der Waals surface area contributed by atoms with Gasteiger partial charge < -0.3 is 14.7 Å². The van der Waals surface area contributed by atoms with Crippen molar-refractivity contribution in [2.24, 2.45) is 0 Å². The molecule has 0 amide bonds. The summed E-state index contributed by atoms with van der Waals surface area (Å²) in [6.45, 7) is 1.65. The van der Waals surface area contributed by atoms with Crippen LogP contribution in [0.2, 0.25) is 0 Å². The van der Waals surface area contributed by atoms with E-state index in [1.54, 1.807) is 6.92 Å². The first-order valence-corrected chi connectivity index (χ1v) is 9.56. The monoisotopic (exact) mass is 437 g/mol. The Morgan fingerprint density at radius 2 is 1.91 bits per heavy atom. The van der Waals surface area contributed by atoms with Gasteiger partial charge in [0, 0.05) is 0 Å². The lowest BCUT2D eigenvalue weighted by Crippen LogP contribution is -2.17. The summed E-state index contributed by atoms with van der Waals surface area (Å²) in [6, 6.07) is 8.62. The molecule has 0 spiro atoms. The second kappa shape index (κ2) is 7.49. The predicted molar refractivity (Wildman–Crippen MR) is 112 cm³/mol. The molecule has 32 heavy (non-hydrogen) atoms. The molecule has 0 radical (unpaired) electrons. The number of aromatic nitrogens is 4. The molecule has 7 nitrogen and oxygen atoms in total. The molecule has 0 unspecified atom stereocenters. The second-order valence-electron chi connectivity index (χ2n) is 7.10. The fourth-order valence-electron chi connectivity index (χ4n) is 3.62. The van der Waals surface area contributed by atoms with Crippen molar-refractivity contribution < 1.29 is 17.6 Å². The molecule has 1 atom stereocenters. The zero-order valence-corrected chi connectivity index (χ0v) is 16.5. The first-order valence-electron chi connectivity index (χ1n) is 9.56. The summed E-state index contributed by atoms with van der Waals surface area (Å²) in [5.41, 5.74) is 0.0310. The molecule has 0 saturated carbocycles. The second-order valence-corrected chi connectivity index (χ2v) is 7.10. The molecule has 5 aromatic rings. The van der Waals surface area contributed by atoms with Crippen LogP contribution in [0.4, 0.5) is 19.0 Å². The van der Waals surface area contributed by atoms with Crippen molar-refractivity contribution in [2.45, 2.75) is 13.0 Å². The van der Waals surface area contributed by atoms with Crippen LogP contribution in [0.25, 0.3) is 33.3 Å².